The smallest absolute Gasteiger partial charge is 0.485 e. The molecule has 0 heterocycles. The van der Waals surface area contributed by atoms with Crippen molar-refractivity contribution in [2.45, 2.75) is 86.2 Å². The van der Waals surface area contributed by atoms with Crippen molar-refractivity contribution in [2.24, 2.45) is 0 Å². The van der Waals surface area contributed by atoms with Crippen molar-refractivity contribution in [3.63, 3.8) is 0 Å². The molecule has 0 spiro atoms. The third-order valence-electron chi connectivity index (χ3n) is 9.29. The molecule has 76 heavy (non-hydrogen) atoms. The maximum atomic E-state index is 13.5. The summed E-state index contributed by atoms with van der Waals surface area (Å²) in [6.07, 6.45) is -2.84. The minimum absolute atomic E-state index is 0.0236. The second kappa shape index (κ2) is 25.6. The van der Waals surface area contributed by atoms with E-state index in [0.717, 1.165) is 44.2 Å². The van der Waals surface area contributed by atoms with E-state index < -0.39 is 96.2 Å². The van der Waals surface area contributed by atoms with E-state index in [1.807, 2.05) is 55.0 Å². The van der Waals surface area contributed by atoms with Gasteiger partial charge >= 0.3 is 23.4 Å². The number of aryl methyl sites for hydroxylation is 2. The molecule has 416 valence electrons. The Hall–Kier alpha value is -4.40. The van der Waals surface area contributed by atoms with Crippen LogP contribution in [0.25, 0.3) is 0 Å². The third-order valence-corrected chi connectivity index (χ3v) is 18.4. The number of alkyl halides is 12. The van der Waals surface area contributed by atoms with Crippen molar-refractivity contribution in [1.29, 1.82) is 0 Å². The van der Waals surface area contributed by atoms with Crippen LogP contribution >= 0.6 is 23.5 Å². The quantitative estimate of drug-likeness (QED) is 0.0417. The van der Waals surface area contributed by atoms with Crippen molar-refractivity contribution < 1.29 is 95.5 Å². The van der Waals surface area contributed by atoms with E-state index in [9.17, 15) is 69.5 Å². The van der Waals surface area contributed by atoms with E-state index in [-0.39, 0.29) is 9.79 Å². The van der Waals surface area contributed by atoms with Crippen molar-refractivity contribution in [3.8, 4) is 0 Å². The van der Waals surface area contributed by atoms with E-state index in [1.165, 1.54) is 48.5 Å². The normalized spacial score (nSPS) is 12.7. The molecule has 0 radical (unpaired) electrons. The van der Waals surface area contributed by atoms with Crippen molar-refractivity contribution in [1.82, 2.24) is 0 Å². The molecule has 0 aliphatic rings. The van der Waals surface area contributed by atoms with E-state index in [4.69, 9.17) is 25.9 Å². The van der Waals surface area contributed by atoms with Crippen LogP contribution in [0.2, 0.25) is 0 Å². The van der Waals surface area contributed by atoms with Crippen LogP contribution in [0.3, 0.4) is 0 Å². The maximum Gasteiger partial charge on any atom is 0.485 e. The molecule has 0 bridgehead atoms. The molecule has 10 nitrogen and oxygen atoms in total. The highest BCUT2D eigenvalue weighted by molar-refractivity contribution is 7.99. The number of rotatable bonds is 10. The first-order valence-corrected chi connectivity index (χ1v) is 31.8. The first-order valence-electron chi connectivity index (χ1n) is 20.3. The second-order valence-electron chi connectivity index (χ2n) is 15.3. The highest BCUT2D eigenvalue weighted by Gasteiger charge is 2.40. The number of thioether (sulfide) groups is 2. The summed E-state index contributed by atoms with van der Waals surface area (Å²) in [4.78, 5) is 6.17. The monoisotopic (exact) mass is 1240 g/mol. The van der Waals surface area contributed by atoms with Gasteiger partial charge < -0.3 is 9.11 Å². The van der Waals surface area contributed by atoms with Gasteiger partial charge in [0.25, 0.3) is 0 Å². The molecule has 0 aliphatic carbocycles. The highest BCUT2D eigenvalue weighted by Crippen LogP contribution is 2.40. The van der Waals surface area contributed by atoms with Gasteiger partial charge in [-0.1, -0.05) is 24.3 Å². The lowest BCUT2D eigenvalue weighted by molar-refractivity contribution is -0.138. The number of halogens is 12. The van der Waals surface area contributed by atoms with Crippen LogP contribution < -0.4 is 0 Å². The Kier molecular flexibility index (Phi) is 22.2. The topological polar surface area (TPSA) is 183 Å². The third kappa shape index (κ3) is 19.5. The summed E-state index contributed by atoms with van der Waals surface area (Å²) in [6.45, 7) is 3.26. The minimum Gasteiger partial charge on any atom is -0.741 e. The number of benzene rings is 6. The first-order chi connectivity index (χ1) is 34.5. The molecule has 6 aromatic rings. The summed E-state index contributed by atoms with van der Waals surface area (Å²) in [5, 5.41) is 0. The molecule has 0 aliphatic heterocycles. The highest BCUT2D eigenvalue weighted by atomic mass is 32.2. The van der Waals surface area contributed by atoms with Gasteiger partial charge in [0.2, 0.25) is 0 Å². The lowest BCUT2D eigenvalue weighted by Gasteiger charge is -2.13. The van der Waals surface area contributed by atoms with Gasteiger partial charge in [0, 0.05) is 58.7 Å². The zero-order chi connectivity index (χ0) is 58.2. The van der Waals surface area contributed by atoms with Crippen LogP contribution in [-0.2, 0) is 74.1 Å². The summed E-state index contributed by atoms with van der Waals surface area (Å²) in [6, 6.07) is 36.1. The fourth-order valence-electron chi connectivity index (χ4n) is 6.00. The molecule has 30 heteroatoms. The predicted molar refractivity (Wildman–Crippen MR) is 264 cm³/mol. The minimum atomic E-state index is -6.09. The van der Waals surface area contributed by atoms with Crippen LogP contribution in [0.5, 0.6) is 0 Å². The summed E-state index contributed by atoms with van der Waals surface area (Å²) in [5.74, 6) is 0. The van der Waals surface area contributed by atoms with Crippen molar-refractivity contribution in [2.75, 3.05) is 25.0 Å². The number of hydrogen-bond acceptors (Lipinski definition) is 12. The molecular weight excluding hydrogens is 1200 g/mol. The zero-order valence-corrected chi connectivity index (χ0v) is 46.1. The van der Waals surface area contributed by atoms with Crippen LogP contribution in [0, 0.1) is 13.8 Å². The van der Waals surface area contributed by atoms with Crippen molar-refractivity contribution in [3.05, 3.63) is 156 Å². The Balaban J connectivity index is 0.000000313. The number of sulfone groups is 2. The van der Waals surface area contributed by atoms with Gasteiger partial charge in [-0.3, -0.25) is 0 Å². The average Bonchev–Trinajstić information content (AvgIpc) is 3.27. The van der Waals surface area contributed by atoms with E-state index >= 15 is 0 Å². The lowest BCUT2D eigenvalue weighted by atomic mass is 10.1. The fraction of sp³-hybridized carbons (Fsp3) is 0.217. The predicted octanol–water partition coefficient (Wildman–Crippen LogP) is 12.6. The van der Waals surface area contributed by atoms with Gasteiger partial charge in [-0.2, -0.15) is 52.7 Å². The van der Waals surface area contributed by atoms with E-state index in [0.29, 0.717) is 30.7 Å². The van der Waals surface area contributed by atoms with Gasteiger partial charge in [0.05, 0.1) is 42.7 Å². The Morgan fingerprint density at radius 2 is 0.658 bits per heavy atom. The van der Waals surface area contributed by atoms with Crippen molar-refractivity contribution >= 4 is 85.2 Å². The molecule has 0 saturated heterocycles. The van der Waals surface area contributed by atoms with Gasteiger partial charge in [-0.05, 0) is 110 Å². The Labute approximate surface area is 444 Å². The second-order valence-corrected chi connectivity index (χ2v) is 27.9. The molecule has 6 aromatic carbocycles. The summed E-state index contributed by atoms with van der Waals surface area (Å²) in [5.41, 5.74) is -11.7. The molecular formula is C46H40F12O10S8. The lowest BCUT2D eigenvalue weighted by Crippen LogP contribution is -2.21. The largest absolute Gasteiger partial charge is 0.741 e. The zero-order valence-electron chi connectivity index (χ0n) is 39.6. The molecule has 0 atom stereocenters. The van der Waals surface area contributed by atoms with E-state index in [1.54, 1.807) is 55.6 Å². The Bertz CT molecular complexity index is 3290. The molecule has 0 amide bonds. The summed E-state index contributed by atoms with van der Waals surface area (Å²) in [7, 11) is -21.1. The summed E-state index contributed by atoms with van der Waals surface area (Å²) >= 11 is 3.26. The van der Waals surface area contributed by atoms with Gasteiger partial charge in [-0.25, -0.2) is 33.7 Å². The molecule has 6 rings (SSSR count). The van der Waals surface area contributed by atoms with Gasteiger partial charge in [0.1, 0.15) is 0 Å². The summed E-state index contributed by atoms with van der Waals surface area (Å²) < 4.78 is 247. The average molecular weight is 1240 g/mol. The SMILES string of the molecule is CSc1cccc([S+](c2cccc(SC)c2)c2cc(C)cc(C(F)(F)F)c2)c1.Cc1cc([S+](c2cccc(S(C)(=O)=O)c2)c2cccc(S(C)(=O)=O)c2)cc(C(F)(F)F)c1.O=S(=O)([O-])C(F)(F)F.O=S(=O)([O-])C(F)(F)F. The molecule has 0 aromatic heterocycles. The van der Waals surface area contributed by atoms with Crippen LogP contribution in [0.4, 0.5) is 52.7 Å². The van der Waals surface area contributed by atoms with E-state index in [2.05, 4.69) is 12.1 Å². The van der Waals surface area contributed by atoms with Crippen LogP contribution in [0.1, 0.15) is 22.3 Å². The number of hydrogen-bond donors (Lipinski definition) is 0. The van der Waals surface area contributed by atoms with Crippen LogP contribution in [0.15, 0.2) is 182 Å². The molecule has 0 N–H and O–H groups in total. The fourth-order valence-corrected chi connectivity index (χ4v) is 13.1. The molecule has 0 unspecified atom stereocenters. The van der Waals surface area contributed by atoms with Gasteiger partial charge in [-0.15, -0.1) is 23.5 Å². The standard InChI is InChI=1S/C22H20F3O4S3.C22H20F3S3.2CHF3O3S/c1-15-10-16(22(23,24)25)12-19(11-15)30(17-6-4-8-20(13-17)31(2,26)27)18-7-5-9-21(14-18)32(3,28)29;1-15-10-16(22(23,24)25)12-21(11-15)28(19-8-4-6-17(13-19)26-2)20-9-5-7-18(14-20)27-3;2*2-1(3,4)8(5,6)7/h4-14H,1-3H3;4-14H,1-3H3;2*(H,5,6,7)/q2*+1;;/p-2. The maximum absolute atomic E-state index is 13.5. The Morgan fingerprint density at radius 3 is 0.895 bits per heavy atom. The molecule has 0 saturated carbocycles. The Morgan fingerprint density at radius 1 is 0.395 bits per heavy atom. The first kappa shape index (κ1) is 65.9. The van der Waals surface area contributed by atoms with Crippen LogP contribution in [-0.4, -0.2) is 78.8 Å². The van der Waals surface area contributed by atoms with Gasteiger partial charge in [0.15, 0.2) is 69.3 Å². The molecule has 0 fully saturated rings.